The zero-order chi connectivity index (χ0) is 10.8. The second kappa shape index (κ2) is 4.65. The maximum atomic E-state index is 10.0. The first-order valence-electron chi connectivity index (χ1n) is 6.07. The first kappa shape index (κ1) is 12.0. The molecule has 1 nitrogen and oxygen atoms in total. The molecule has 1 unspecified atom stereocenters. The van der Waals surface area contributed by atoms with Gasteiger partial charge in [-0.15, -0.1) is 0 Å². The van der Waals surface area contributed by atoms with E-state index in [1.165, 1.54) is 25.7 Å². The Morgan fingerprint density at radius 2 is 1.64 bits per heavy atom. The summed E-state index contributed by atoms with van der Waals surface area (Å²) in [6.07, 6.45) is 6.27. The molecule has 1 aliphatic carbocycles. The molecular weight excluding hydrogens is 172 g/mol. The molecule has 1 fully saturated rings. The third-order valence-electron chi connectivity index (χ3n) is 3.69. The van der Waals surface area contributed by atoms with Crippen molar-refractivity contribution in [1.29, 1.82) is 0 Å². The van der Waals surface area contributed by atoms with Crippen molar-refractivity contribution >= 4 is 0 Å². The van der Waals surface area contributed by atoms with Crippen LogP contribution >= 0.6 is 0 Å². The third kappa shape index (κ3) is 3.61. The molecule has 0 amide bonds. The molecule has 1 atom stereocenters. The van der Waals surface area contributed by atoms with Crippen molar-refractivity contribution in [2.45, 2.75) is 65.9 Å². The van der Waals surface area contributed by atoms with E-state index in [9.17, 15) is 5.11 Å². The van der Waals surface area contributed by atoms with Gasteiger partial charge in [-0.3, -0.25) is 0 Å². The van der Waals surface area contributed by atoms with Crippen molar-refractivity contribution in [1.82, 2.24) is 0 Å². The lowest BCUT2D eigenvalue weighted by molar-refractivity contribution is 0.0335. The lowest BCUT2D eigenvalue weighted by Gasteiger charge is -2.32. The van der Waals surface area contributed by atoms with Gasteiger partial charge in [0.25, 0.3) is 0 Å². The molecule has 0 bridgehead atoms. The zero-order valence-electron chi connectivity index (χ0n) is 10.2. The van der Waals surface area contributed by atoms with Crippen molar-refractivity contribution in [3.8, 4) is 0 Å². The molecule has 14 heavy (non-hydrogen) atoms. The topological polar surface area (TPSA) is 20.2 Å². The van der Waals surface area contributed by atoms with Crippen molar-refractivity contribution in [2.24, 2.45) is 17.3 Å². The summed E-state index contributed by atoms with van der Waals surface area (Å²) < 4.78 is 0. The van der Waals surface area contributed by atoms with Crippen molar-refractivity contribution < 1.29 is 5.11 Å². The Labute approximate surface area is 88.9 Å². The van der Waals surface area contributed by atoms with Crippen LogP contribution in [0.25, 0.3) is 0 Å². The fourth-order valence-electron chi connectivity index (χ4n) is 2.23. The Morgan fingerprint density at radius 1 is 1.14 bits per heavy atom. The highest BCUT2D eigenvalue weighted by Gasteiger charge is 2.27. The van der Waals surface area contributed by atoms with E-state index in [2.05, 4.69) is 27.7 Å². The average Bonchev–Trinajstić information content (AvgIpc) is 2.07. The summed E-state index contributed by atoms with van der Waals surface area (Å²) in [7, 11) is 0. The Hall–Kier alpha value is -0.0400. The van der Waals surface area contributed by atoms with Crippen LogP contribution < -0.4 is 0 Å². The van der Waals surface area contributed by atoms with Crippen LogP contribution in [-0.2, 0) is 0 Å². The molecule has 1 saturated carbocycles. The number of hydrogen-bond donors (Lipinski definition) is 1. The average molecular weight is 198 g/mol. The molecule has 0 saturated heterocycles. The van der Waals surface area contributed by atoms with Crippen LogP contribution in [0.4, 0.5) is 0 Å². The minimum Gasteiger partial charge on any atom is -0.393 e. The molecule has 1 rings (SSSR count). The fraction of sp³-hybridized carbons (Fsp3) is 1.00. The van der Waals surface area contributed by atoms with Gasteiger partial charge in [0, 0.05) is 0 Å². The summed E-state index contributed by atoms with van der Waals surface area (Å²) in [6, 6.07) is 0. The second-order valence-corrected chi connectivity index (χ2v) is 6.24. The standard InChI is InChI=1S/C13H26O/c1-10-5-7-11(8-6-10)9-12(14)13(2,3)4/h10-12,14H,5-9H2,1-4H3. The molecule has 0 aromatic carbocycles. The largest absolute Gasteiger partial charge is 0.393 e. The number of aliphatic hydroxyl groups is 1. The van der Waals surface area contributed by atoms with Gasteiger partial charge in [0.2, 0.25) is 0 Å². The van der Waals surface area contributed by atoms with Gasteiger partial charge < -0.3 is 5.11 Å². The maximum Gasteiger partial charge on any atom is 0.0591 e. The van der Waals surface area contributed by atoms with Crippen LogP contribution in [0.3, 0.4) is 0 Å². The maximum absolute atomic E-state index is 10.0. The molecule has 0 aromatic heterocycles. The lowest BCUT2D eigenvalue weighted by atomic mass is 9.76. The smallest absolute Gasteiger partial charge is 0.0591 e. The SMILES string of the molecule is CC1CCC(CC(O)C(C)(C)C)CC1. The predicted molar refractivity (Wildman–Crippen MR) is 61.2 cm³/mol. The molecule has 0 aromatic rings. The number of hydrogen-bond acceptors (Lipinski definition) is 1. The zero-order valence-corrected chi connectivity index (χ0v) is 10.2. The van der Waals surface area contributed by atoms with Gasteiger partial charge in [0.15, 0.2) is 0 Å². The van der Waals surface area contributed by atoms with Gasteiger partial charge in [-0.2, -0.15) is 0 Å². The van der Waals surface area contributed by atoms with Crippen LogP contribution in [-0.4, -0.2) is 11.2 Å². The highest BCUT2D eigenvalue weighted by Crippen LogP contribution is 2.34. The molecule has 0 radical (unpaired) electrons. The molecule has 1 heteroatoms. The Bertz CT molecular complexity index is 161. The summed E-state index contributed by atoms with van der Waals surface area (Å²) in [4.78, 5) is 0. The quantitative estimate of drug-likeness (QED) is 0.718. The normalized spacial score (nSPS) is 31.5. The van der Waals surface area contributed by atoms with Gasteiger partial charge in [0.05, 0.1) is 6.10 Å². The second-order valence-electron chi connectivity index (χ2n) is 6.24. The Morgan fingerprint density at radius 3 is 2.07 bits per heavy atom. The van der Waals surface area contributed by atoms with E-state index in [4.69, 9.17) is 0 Å². The molecule has 1 N–H and O–H groups in total. The van der Waals surface area contributed by atoms with E-state index in [-0.39, 0.29) is 11.5 Å². The van der Waals surface area contributed by atoms with Gasteiger partial charge in [0.1, 0.15) is 0 Å². The van der Waals surface area contributed by atoms with Crippen LogP contribution in [0.2, 0.25) is 0 Å². The Balaban J connectivity index is 2.31. The first-order valence-corrected chi connectivity index (χ1v) is 6.07. The van der Waals surface area contributed by atoms with Crippen LogP contribution in [0.5, 0.6) is 0 Å². The number of aliphatic hydroxyl groups excluding tert-OH is 1. The lowest BCUT2D eigenvalue weighted by Crippen LogP contribution is -2.29. The minimum absolute atomic E-state index is 0.0586. The van der Waals surface area contributed by atoms with E-state index in [0.29, 0.717) is 0 Å². The van der Waals surface area contributed by atoms with Gasteiger partial charge in [-0.1, -0.05) is 53.4 Å². The molecule has 84 valence electrons. The third-order valence-corrected chi connectivity index (χ3v) is 3.69. The summed E-state index contributed by atoms with van der Waals surface area (Å²) in [5.41, 5.74) is 0.0586. The van der Waals surface area contributed by atoms with E-state index < -0.39 is 0 Å². The van der Waals surface area contributed by atoms with E-state index >= 15 is 0 Å². The molecular formula is C13H26O. The molecule has 0 spiro atoms. The summed E-state index contributed by atoms with van der Waals surface area (Å²) >= 11 is 0. The van der Waals surface area contributed by atoms with Gasteiger partial charge in [-0.25, -0.2) is 0 Å². The number of rotatable bonds is 2. The van der Waals surface area contributed by atoms with Gasteiger partial charge in [-0.05, 0) is 23.7 Å². The van der Waals surface area contributed by atoms with Crippen LogP contribution in [0, 0.1) is 17.3 Å². The van der Waals surface area contributed by atoms with Crippen molar-refractivity contribution in [3.63, 3.8) is 0 Å². The van der Waals surface area contributed by atoms with E-state index in [0.717, 1.165) is 18.3 Å². The Kier molecular flexibility index (Phi) is 4.00. The summed E-state index contributed by atoms with van der Waals surface area (Å²) in [5.74, 6) is 1.69. The summed E-state index contributed by atoms with van der Waals surface area (Å²) in [5, 5.41) is 10.0. The highest BCUT2D eigenvalue weighted by atomic mass is 16.3. The van der Waals surface area contributed by atoms with E-state index in [1.807, 2.05) is 0 Å². The van der Waals surface area contributed by atoms with E-state index in [1.54, 1.807) is 0 Å². The fourth-order valence-corrected chi connectivity index (χ4v) is 2.23. The van der Waals surface area contributed by atoms with Crippen molar-refractivity contribution in [2.75, 3.05) is 0 Å². The van der Waals surface area contributed by atoms with Crippen molar-refractivity contribution in [3.05, 3.63) is 0 Å². The highest BCUT2D eigenvalue weighted by molar-refractivity contribution is 4.78. The summed E-state index contributed by atoms with van der Waals surface area (Å²) in [6.45, 7) is 8.73. The molecule has 0 aliphatic heterocycles. The van der Waals surface area contributed by atoms with Gasteiger partial charge >= 0.3 is 0 Å². The minimum atomic E-state index is -0.124. The monoisotopic (exact) mass is 198 g/mol. The van der Waals surface area contributed by atoms with Crippen LogP contribution in [0.1, 0.15) is 59.8 Å². The first-order chi connectivity index (χ1) is 6.39. The van der Waals surface area contributed by atoms with Crippen LogP contribution in [0.15, 0.2) is 0 Å². The molecule has 1 aliphatic rings. The predicted octanol–water partition coefficient (Wildman–Crippen LogP) is 3.61. The molecule has 0 heterocycles.